The highest BCUT2D eigenvalue weighted by molar-refractivity contribution is 4.95. The van der Waals surface area contributed by atoms with Crippen LogP contribution in [0.1, 0.15) is 58.3 Å². The lowest BCUT2D eigenvalue weighted by Crippen LogP contribution is -2.45. The van der Waals surface area contributed by atoms with Crippen molar-refractivity contribution in [2.75, 3.05) is 0 Å². The van der Waals surface area contributed by atoms with Crippen molar-refractivity contribution in [3.8, 4) is 0 Å². The monoisotopic (exact) mass is 223 g/mol. The quantitative estimate of drug-likeness (QED) is 0.794. The summed E-state index contributed by atoms with van der Waals surface area (Å²) in [5.74, 6) is 1.01. The van der Waals surface area contributed by atoms with E-state index in [4.69, 9.17) is 4.74 Å². The first kappa shape index (κ1) is 11.0. The Balaban J connectivity index is 1.46. The van der Waals surface area contributed by atoms with Crippen LogP contribution in [-0.4, -0.2) is 24.3 Å². The molecule has 2 bridgehead atoms. The van der Waals surface area contributed by atoms with Crippen molar-refractivity contribution in [3.63, 3.8) is 0 Å². The van der Waals surface area contributed by atoms with Crippen LogP contribution in [0.5, 0.6) is 0 Å². The van der Waals surface area contributed by atoms with Crippen LogP contribution in [0.4, 0.5) is 0 Å². The van der Waals surface area contributed by atoms with E-state index >= 15 is 0 Å². The molecule has 3 rings (SSSR count). The molecule has 2 heteroatoms. The first-order valence-corrected chi connectivity index (χ1v) is 7.26. The summed E-state index contributed by atoms with van der Waals surface area (Å²) in [7, 11) is 0. The highest BCUT2D eigenvalue weighted by atomic mass is 16.5. The Morgan fingerprint density at radius 2 is 1.88 bits per heavy atom. The molecule has 1 N–H and O–H groups in total. The van der Waals surface area contributed by atoms with Gasteiger partial charge in [0.25, 0.3) is 0 Å². The van der Waals surface area contributed by atoms with Gasteiger partial charge in [0.2, 0.25) is 0 Å². The summed E-state index contributed by atoms with van der Waals surface area (Å²) >= 11 is 0. The number of ether oxygens (including phenoxy) is 1. The molecule has 0 aromatic rings. The average Bonchev–Trinajstić information content (AvgIpc) is 2.92. The van der Waals surface area contributed by atoms with Crippen LogP contribution < -0.4 is 5.32 Å². The Hall–Kier alpha value is -0.0800. The van der Waals surface area contributed by atoms with E-state index in [1.807, 2.05) is 0 Å². The van der Waals surface area contributed by atoms with Crippen LogP contribution in [0.3, 0.4) is 0 Å². The fourth-order valence-electron chi connectivity index (χ4n) is 3.85. The molecule has 2 heterocycles. The van der Waals surface area contributed by atoms with E-state index in [1.54, 1.807) is 0 Å². The molecule has 1 aliphatic carbocycles. The van der Waals surface area contributed by atoms with Crippen molar-refractivity contribution in [1.29, 1.82) is 0 Å². The van der Waals surface area contributed by atoms with Gasteiger partial charge in [0, 0.05) is 12.1 Å². The molecule has 92 valence electrons. The van der Waals surface area contributed by atoms with Gasteiger partial charge in [-0.25, -0.2) is 0 Å². The van der Waals surface area contributed by atoms with Crippen LogP contribution in [0.25, 0.3) is 0 Å². The molecule has 0 spiro atoms. The van der Waals surface area contributed by atoms with Crippen LogP contribution in [0.15, 0.2) is 0 Å². The second-order valence-corrected chi connectivity index (χ2v) is 6.01. The zero-order chi connectivity index (χ0) is 11.0. The Labute approximate surface area is 99.1 Å². The maximum absolute atomic E-state index is 5.91. The second kappa shape index (κ2) is 4.66. The van der Waals surface area contributed by atoms with E-state index in [9.17, 15) is 0 Å². The summed E-state index contributed by atoms with van der Waals surface area (Å²) in [4.78, 5) is 0. The number of fused-ring (bicyclic) bond motifs is 2. The Bertz CT molecular complexity index is 235. The fourth-order valence-corrected chi connectivity index (χ4v) is 3.85. The molecular weight excluding hydrogens is 198 g/mol. The van der Waals surface area contributed by atoms with E-state index < -0.39 is 0 Å². The predicted molar refractivity (Wildman–Crippen MR) is 65.5 cm³/mol. The van der Waals surface area contributed by atoms with Crippen LogP contribution >= 0.6 is 0 Å². The number of rotatable bonds is 3. The molecule has 2 nitrogen and oxygen atoms in total. The minimum absolute atomic E-state index is 0.550. The van der Waals surface area contributed by atoms with Gasteiger partial charge in [0.05, 0.1) is 12.2 Å². The van der Waals surface area contributed by atoms with Gasteiger partial charge >= 0.3 is 0 Å². The summed E-state index contributed by atoms with van der Waals surface area (Å²) < 4.78 is 5.91. The van der Waals surface area contributed by atoms with E-state index in [0.29, 0.717) is 18.2 Å². The molecule has 1 saturated carbocycles. The highest BCUT2D eigenvalue weighted by Gasteiger charge is 2.41. The Morgan fingerprint density at radius 1 is 1.06 bits per heavy atom. The zero-order valence-corrected chi connectivity index (χ0v) is 10.5. The van der Waals surface area contributed by atoms with Gasteiger partial charge in [-0.3, -0.25) is 0 Å². The van der Waals surface area contributed by atoms with Crippen molar-refractivity contribution in [1.82, 2.24) is 5.32 Å². The number of hydrogen-bond acceptors (Lipinski definition) is 2. The van der Waals surface area contributed by atoms with Gasteiger partial charge in [0.15, 0.2) is 0 Å². The van der Waals surface area contributed by atoms with Gasteiger partial charge in [-0.2, -0.15) is 0 Å². The fraction of sp³-hybridized carbons (Fsp3) is 1.00. The molecule has 0 amide bonds. The molecule has 3 atom stereocenters. The first-order chi connectivity index (χ1) is 7.85. The minimum atomic E-state index is 0.550. The van der Waals surface area contributed by atoms with Gasteiger partial charge in [-0.15, -0.1) is 0 Å². The summed E-state index contributed by atoms with van der Waals surface area (Å²) in [6.45, 7) is 2.34. The number of hydrogen-bond donors (Lipinski definition) is 1. The molecule has 16 heavy (non-hydrogen) atoms. The Morgan fingerprint density at radius 3 is 2.44 bits per heavy atom. The van der Waals surface area contributed by atoms with Crippen molar-refractivity contribution in [2.24, 2.45) is 5.92 Å². The van der Waals surface area contributed by atoms with E-state index in [2.05, 4.69) is 12.2 Å². The smallest absolute Gasteiger partial charge is 0.0733 e. The molecule has 2 saturated heterocycles. The molecular formula is C14H25NO. The van der Waals surface area contributed by atoms with E-state index in [0.717, 1.165) is 12.0 Å². The third-order valence-corrected chi connectivity index (χ3v) is 4.98. The lowest BCUT2D eigenvalue weighted by molar-refractivity contribution is 0.0945. The van der Waals surface area contributed by atoms with Crippen molar-refractivity contribution >= 4 is 0 Å². The van der Waals surface area contributed by atoms with Crippen LogP contribution in [0, 0.1) is 5.92 Å². The summed E-state index contributed by atoms with van der Waals surface area (Å²) in [5, 5.41) is 3.87. The van der Waals surface area contributed by atoms with Crippen LogP contribution in [0.2, 0.25) is 0 Å². The third-order valence-electron chi connectivity index (χ3n) is 4.98. The normalized spacial score (nSPS) is 47.4. The second-order valence-electron chi connectivity index (χ2n) is 6.01. The maximum atomic E-state index is 5.91. The van der Waals surface area contributed by atoms with E-state index in [-0.39, 0.29) is 0 Å². The lowest BCUT2D eigenvalue weighted by Gasteiger charge is -2.32. The summed E-state index contributed by atoms with van der Waals surface area (Å²) in [5.41, 5.74) is 0. The molecule has 2 aliphatic heterocycles. The summed E-state index contributed by atoms with van der Waals surface area (Å²) in [6.07, 6.45) is 12.1. The SMILES string of the molecule is CCC1CCC(NC2CC3CCC2O3)CC1. The van der Waals surface area contributed by atoms with Gasteiger partial charge in [-0.05, 0) is 50.9 Å². The van der Waals surface area contributed by atoms with Gasteiger partial charge in [0.1, 0.15) is 0 Å². The summed E-state index contributed by atoms with van der Waals surface area (Å²) in [6, 6.07) is 1.47. The zero-order valence-electron chi connectivity index (χ0n) is 10.5. The first-order valence-electron chi connectivity index (χ1n) is 7.26. The lowest BCUT2D eigenvalue weighted by atomic mass is 9.83. The number of nitrogens with one attached hydrogen (secondary N) is 1. The molecule has 0 radical (unpaired) electrons. The average molecular weight is 223 g/mol. The van der Waals surface area contributed by atoms with Crippen molar-refractivity contribution in [3.05, 3.63) is 0 Å². The molecule has 3 aliphatic rings. The van der Waals surface area contributed by atoms with Gasteiger partial charge < -0.3 is 10.1 Å². The molecule has 3 fully saturated rings. The molecule has 3 unspecified atom stereocenters. The van der Waals surface area contributed by atoms with Crippen molar-refractivity contribution < 1.29 is 4.74 Å². The van der Waals surface area contributed by atoms with Crippen molar-refractivity contribution in [2.45, 2.75) is 82.6 Å². The largest absolute Gasteiger partial charge is 0.373 e. The van der Waals surface area contributed by atoms with Crippen LogP contribution in [-0.2, 0) is 4.74 Å². The molecule has 0 aromatic heterocycles. The Kier molecular flexibility index (Phi) is 3.21. The predicted octanol–water partition coefficient (Wildman–Crippen LogP) is 2.86. The third kappa shape index (κ3) is 2.14. The highest BCUT2D eigenvalue weighted by Crippen LogP contribution is 2.35. The topological polar surface area (TPSA) is 21.3 Å². The maximum Gasteiger partial charge on any atom is 0.0733 e. The van der Waals surface area contributed by atoms with E-state index in [1.165, 1.54) is 51.4 Å². The standard InChI is InChI=1S/C14H25NO/c1-2-10-3-5-11(6-4-10)15-13-9-12-7-8-14(13)16-12/h10-15H,2-9H2,1H3. The minimum Gasteiger partial charge on any atom is -0.373 e. The molecule has 0 aromatic carbocycles. The van der Waals surface area contributed by atoms with Gasteiger partial charge in [-0.1, -0.05) is 13.3 Å².